The smallest absolute Gasteiger partial charge is 0.269 e. The van der Waals surface area contributed by atoms with E-state index >= 15 is 0 Å². The molecule has 1 aliphatic rings. The van der Waals surface area contributed by atoms with E-state index in [4.69, 9.17) is 0 Å². The first-order valence-corrected chi connectivity index (χ1v) is 11.2. The summed E-state index contributed by atoms with van der Waals surface area (Å²) in [4.78, 5) is 41.4. The lowest BCUT2D eigenvalue weighted by Gasteiger charge is -2.36. The number of aromatic amines is 1. The van der Waals surface area contributed by atoms with Crippen LogP contribution in [-0.2, 0) is 0 Å². The van der Waals surface area contributed by atoms with E-state index in [9.17, 15) is 14.7 Å². The number of hydrogen-bond acceptors (Lipinski definition) is 7. The molecule has 0 saturated carbocycles. The third-order valence-electron chi connectivity index (χ3n) is 5.68. The number of aryl methyl sites for hydroxylation is 1. The number of rotatable bonds is 3. The molecule has 2 N–H and O–H groups in total. The van der Waals surface area contributed by atoms with Crippen LogP contribution in [0.25, 0.3) is 21.7 Å². The van der Waals surface area contributed by atoms with Crippen molar-refractivity contribution in [3.05, 3.63) is 69.5 Å². The summed E-state index contributed by atoms with van der Waals surface area (Å²) in [5, 5.41) is 11.5. The number of aromatic hydroxyl groups is 1. The number of nitrogens with zero attached hydrogens (tertiary/aromatic N) is 4. The molecule has 1 fully saturated rings. The molecule has 0 aliphatic carbocycles. The molecule has 5 rings (SSSR count). The van der Waals surface area contributed by atoms with E-state index in [0.717, 1.165) is 11.3 Å². The summed E-state index contributed by atoms with van der Waals surface area (Å²) in [6.07, 6.45) is 1.63. The van der Waals surface area contributed by atoms with Crippen molar-refractivity contribution in [2.45, 2.75) is 6.92 Å². The molecule has 162 valence electrons. The van der Waals surface area contributed by atoms with Crippen LogP contribution in [0.4, 0.5) is 5.69 Å². The van der Waals surface area contributed by atoms with Gasteiger partial charge in [0, 0.05) is 43.4 Å². The number of nitrogens with one attached hydrogen (secondary N) is 1. The monoisotopic (exact) mass is 447 g/mol. The summed E-state index contributed by atoms with van der Waals surface area (Å²) in [5.41, 5.74) is 3.00. The van der Waals surface area contributed by atoms with Gasteiger partial charge in [-0.2, -0.15) is 0 Å². The lowest BCUT2D eigenvalue weighted by Crippen LogP contribution is -2.48. The van der Waals surface area contributed by atoms with Gasteiger partial charge in [0.1, 0.15) is 21.7 Å². The van der Waals surface area contributed by atoms with Crippen LogP contribution in [0.15, 0.2) is 52.8 Å². The molecule has 4 aromatic rings. The summed E-state index contributed by atoms with van der Waals surface area (Å²) in [6.45, 7) is 4.36. The van der Waals surface area contributed by atoms with E-state index in [0.29, 0.717) is 53.5 Å². The SMILES string of the molecule is Cc1cc(N2CCN(C(=O)c3csc4c(=O)[nH]c(-c5ccccn5)nc34)CC2)ccc1O. The number of anilines is 1. The van der Waals surface area contributed by atoms with Gasteiger partial charge in [0.05, 0.1) is 5.56 Å². The molecule has 1 aromatic carbocycles. The number of pyridine rings is 1. The van der Waals surface area contributed by atoms with Gasteiger partial charge in [-0.25, -0.2) is 4.98 Å². The van der Waals surface area contributed by atoms with Gasteiger partial charge in [-0.1, -0.05) is 6.07 Å². The van der Waals surface area contributed by atoms with Crippen LogP contribution in [-0.4, -0.2) is 57.0 Å². The second-order valence-corrected chi connectivity index (χ2v) is 8.59. The fourth-order valence-corrected chi connectivity index (χ4v) is 4.75. The van der Waals surface area contributed by atoms with Crippen molar-refractivity contribution in [2.75, 3.05) is 31.1 Å². The van der Waals surface area contributed by atoms with Crippen LogP contribution in [0.1, 0.15) is 15.9 Å². The van der Waals surface area contributed by atoms with E-state index in [2.05, 4.69) is 19.9 Å². The zero-order valence-electron chi connectivity index (χ0n) is 17.4. The first kappa shape index (κ1) is 20.2. The molecule has 0 radical (unpaired) electrons. The molecule has 32 heavy (non-hydrogen) atoms. The molecule has 0 spiro atoms. The Morgan fingerprint density at radius 3 is 2.69 bits per heavy atom. The van der Waals surface area contributed by atoms with E-state index in [1.165, 1.54) is 11.3 Å². The maximum absolute atomic E-state index is 13.3. The third kappa shape index (κ3) is 3.60. The van der Waals surface area contributed by atoms with E-state index in [1.54, 1.807) is 34.7 Å². The number of amides is 1. The zero-order chi connectivity index (χ0) is 22.2. The Bertz CT molecular complexity index is 1360. The number of H-pyrrole nitrogens is 1. The van der Waals surface area contributed by atoms with Crippen molar-refractivity contribution in [3.63, 3.8) is 0 Å². The van der Waals surface area contributed by atoms with Crippen molar-refractivity contribution in [1.82, 2.24) is 19.9 Å². The van der Waals surface area contributed by atoms with Gasteiger partial charge in [0.15, 0.2) is 5.82 Å². The largest absolute Gasteiger partial charge is 0.508 e. The summed E-state index contributed by atoms with van der Waals surface area (Å²) in [5.74, 6) is 0.505. The molecular weight excluding hydrogens is 426 g/mol. The number of carbonyl (C=O) groups excluding carboxylic acids is 1. The van der Waals surface area contributed by atoms with Crippen LogP contribution in [0.2, 0.25) is 0 Å². The minimum atomic E-state index is -0.271. The minimum absolute atomic E-state index is 0.122. The Morgan fingerprint density at radius 2 is 1.97 bits per heavy atom. The van der Waals surface area contributed by atoms with Crippen molar-refractivity contribution in [2.24, 2.45) is 0 Å². The molecule has 1 saturated heterocycles. The first-order chi connectivity index (χ1) is 15.5. The number of hydrogen-bond donors (Lipinski definition) is 2. The third-order valence-corrected chi connectivity index (χ3v) is 6.64. The number of aromatic nitrogens is 3. The standard InChI is InChI=1S/C23H21N5O3S/c1-14-12-15(5-6-18(14)29)27-8-10-28(11-9-27)23(31)16-13-32-20-19(16)25-21(26-22(20)30)17-4-2-3-7-24-17/h2-7,12-13,29H,8-11H2,1H3,(H,25,26,30). The van der Waals surface area contributed by atoms with Crippen molar-refractivity contribution in [3.8, 4) is 17.3 Å². The molecular formula is C23H21N5O3S. The fraction of sp³-hybridized carbons (Fsp3) is 0.217. The number of phenols is 1. The van der Waals surface area contributed by atoms with Gasteiger partial charge in [0.25, 0.3) is 11.5 Å². The van der Waals surface area contributed by atoms with Crippen molar-refractivity contribution >= 4 is 33.1 Å². The van der Waals surface area contributed by atoms with E-state index in [-0.39, 0.29) is 17.2 Å². The Balaban J connectivity index is 1.39. The maximum atomic E-state index is 13.3. The number of carbonyl (C=O) groups is 1. The van der Waals surface area contributed by atoms with Gasteiger partial charge in [-0.05, 0) is 42.8 Å². The highest BCUT2D eigenvalue weighted by Crippen LogP contribution is 2.27. The molecule has 3 aromatic heterocycles. The number of benzene rings is 1. The van der Waals surface area contributed by atoms with E-state index in [1.807, 2.05) is 25.1 Å². The Hall–Kier alpha value is -3.72. The maximum Gasteiger partial charge on any atom is 0.269 e. The minimum Gasteiger partial charge on any atom is -0.508 e. The van der Waals surface area contributed by atoms with Gasteiger partial charge in [-0.15, -0.1) is 11.3 Å². The molecule has 8 nitrogen and oxygen atoms in total. The first-order valence-electron chi connectivity index (χ1n) is 10.3. The van der Waals surface area contributed by atoms with Crippen molar-refractivity contribution in [1.29, 1.82) is 0 Å². The topological polar surface area (TPSA) is 102 Å². The van der Waals surface area contributed by atoms with Gasteiger partial charge in [-0.3, -0.25) is 14.6 Å². The predicted octanol–water partition coefficient (Wildman–Crippen LogP) is 3.02. The normalized spacial score (nSPS) is 14.2. The summed E-state index contributed by atoms with van der Waals surface area (Å²) in [6, 6.07) is 10.9. The number of fused-ring (bicyclic) bond motifs is 1. The molecule has 9 heteroatoms. The number of thiophene rings is 1. The molecule has 4 heterocycles. The van der Waals surface area contributed by atoms with Crippen LogP contribution < -0.4 is 10.5 Å². The highest BCUT2D eigenvalue weighted by atomic mass is 32.1. The molecule has 1 amide bonds. The molecule has 0 unspecified atom stereocenters. The van der Waals surface area contributed by atoms with Gasteiger partial charge < -0.3 is 19.9 Å². The highest BCUT2D eigenvalue weighted by Gasteiger charge is 2.26. The fourth-order valence-electron chi connectivity index (χ4n) is 3.88. The quantitative estimate of drug-likeness (QED) is 0.501. The molecule has 0 bridgehead atoms. The predicted molar refractivity (Wildman–Crippen MR) is 124 cm³/mol. The van der Waals surface area contributed by atoms with E-state index < -0.39 is 0 Å². The average Bonchev–Trinajstić information content (AvgIpc) is 3.26. The Morgan fingerprint density at radius 1 is 1.16 bits per heavy atom. The summed E-state index contributed by atoms with van der Waals surface area (Å²) in [7, 11) is 0. The Labute approximate surface area is 187 Å². The lowest BCUT2D eigenvalue weighted by molar-refractivity contribution is 0.0749. The van der Waals surface area contributed by atoms with Gasteiger partial charge in [0.2, 0.25) is 0 Å². The summed E-state index contributed by atoms with van der Waals surface area (Å²) >= 11 is 1.23. The van der Waals surface area contributed by atoms with Crippen molar-refractivity contribution < 1.29 is 9.90 Å². The second-order valence-electron chi connectivity index (χ2n) is 7.71. The molecule has 0 atom stereocenters. The van der Waals surface area contributed by atoms with Crippen LogP contribution in [0.5, 0.6) is 5.75 Å². The summed E-state index contributed by atoms with van der Waals surface area (Å²) < 4.78 is 0.436. The average molecular weight is 448 g/mol. The second kappa shape index (κ2) is 8.08. The lowest BCUT2D eigenvalue weighted by atomic mass is 10.1. The number of phenolic OH excluding ortho intramolecular Hbond substituents is 1. The van der Waals surface area contributed by atoms with Crippen LogP contribution in [0.3, 0.4) is 0 Å². The zero-order valence-corrected chi connectivity index (χ0v) is 18.2. The van der Waals surface area contributed by atoms with Gasteiger partial charge >= 0.3 is 0 Å². The highest BCUT2D eigenvalue weighted by molar-refractivity contribution is 7.17. The Kier molecular flexibility index (Phi) is 5.10. The van der Waals surface area contributed by atoms with Crippen LogP contribution >= 0.6 is 11.3 Å². The van der Waals surface area contributed by atoms with Crippen LogP contribution in [0, 0.1) is 6.92 Å². The number of piperazine rings is 1. The molecule has 1 aliphatic heterocycles.